The molecule has 0 atom stereocenters. The lowest BCUT2D eigenvalue weighted by molar-refractivity contribution is 0.271. The number of hydrogen-bond acceptors (Lipinski definition) is 7. The highest BCUT2D eigenvalue weighted by molar-refractivity contribution is 6.33. The van der Waals surface area contributed by atoms with Crippen LogP contribution in [0, 0.1) is 11.3 Å². The molecule has 0 amide bonds. The first-order valence-corrected chi connectivity index (χ1v) is 13.2. The fourth-order valence-electron chi connectivity index (χ4n) is 5.42. The van der Waals surface area contributed by atoms with Crippen molar-refractivity contribution in [3.63, 3.8) is 0 Å². The number of halogens is 1. The summed E-state index contributed by atoms with van der Waals surface area (Å²) < 4.78 is 5.71. The quantitative estimate of drug-likeness (QED) is 0.444. The molecule has 1 aliphatic heterocycles. The van der Waals surface area contributed by atoms with E-state index < -0.39 is 0 Å². The molecule has 1 N–H and O–H groups in total. The zero-order valence-corrected chi connectivity index (χ0v) is 22.7. The lowest BCUT2D eigenvalue weighted by atomic mass is 9.84. The molecule has 2 aromatic carbocycles. The second-order valence-electron chi connectivity index (χ2n) is 10.4. The molecule has 0 spiro atoms. The molecule has 0 unspecified atom stereocenters. The van der Waals surface area contributed by atoms with Crippen LogP contribution in [0.2, 0.25) is 5.02 Å². The molecule has 3 aromatic rings. The van der Waals surface area contributed by atoms with E-state index in [2.05, 4.69) is 53.0 Å². The fraction of sp³-hybridized carbons (Fsp3) is 0.414. The third kappa shape index (κ3) is 4.96. The maximum absolute atomic E-state index is 9.79. The Labute approximate surface area is 224 Å². The molecule has 7 nitrogen and oxygen atoms in total. The molecule has 0 bridgehead atoms. The summed E-state index contributed by atoms with van der Waals surface area (Å²) in [6.07, 6.45) is 3.71. The molecule has 0 saturated carbocycles. The molecule has 1 saturated heterocycles. The van der Waals surface area contributed by atoms with E-state index in [1.54, 1.807) is 13.3 Å². The molecule has 1 aromatic heterocycles. The van der Waals surface area contributed by atoms with E-state index in [4.69, 9.17) is 21.3 Å². The average molecular weight is 517 g/mol. The Hall–Kier alpha value is -3.34. The zero-order chi connectivity index (χ0) is 26.2. The van der Waals surface area contributed by atoms with Gasteiger partial charge in [-0.1, -0.05) is 32.4 Å². The van der Waals surface area contributed by atoms with E-state index in [0.29, 0.717) is 22.4 Å². The van der Waals surface area contributed by atoms with Crippen molar-refractivity contribution in [3.8, 4) is 23.1 Å². The fourth-order valence-corrected chi connectivity index (χ4v) is 5.70. The van der Waals surface area contributed by atoms with Gasteiger partial charge in [-0.3, -0.25) is 0 Å². The maximum Gasteiger partial charge on any atom is 0.227 e. The van der Waals surface area contributed by atoms with E-state index in [1.165, 1.54) is 11.1 Å². The summed E-state index contributed by atoms with van der Waals surface area (Å²) in [5.74, 6) is 1.12. The smallest absolute Gasteiger partial charge is 0.227 e. The van der Waals surface area contributed by atoms with Crippen LogP contribution in [0.4, 0.5) is 17.3 Å². The number of nitrogens with one attached hydrogen (secondary N) is 1. The van der Waals surface area contributed by atoms with Gasteiger partial charge in [0.25, 0.3) is 0 Å². The molecule has 1 aliphatic carbocycles. The predicted molar refractivity (Wildman–Crippen MR) is 149 cm³/mol. The first kappa shape index (κ1) is 25.3. The van der Waals surface area contributed by atoms with E-state index in [9.17, 15) is 5.26 Å². The van der Waals surface area contributed by atoms with Gasteiger partial charge >= 0.3 is 0 Å². The Morgan fingerprint density at radius 3 is 2.65 bits per heavy atom. The summed E-state index contributed by atoms with van der Waals surface area (Å²) in [6.45, 7) is 11.6. The van der Waals surface area contributed by atoms with E-state index in [1.807, 2.05) is 24.3 Å². The molecule has 5 rings (SSSR count). The molecule has 37 heavy (non-hydrogen) atoms. The number of likely N-dealkylation sites (N-methyl/N-ethyl adjacent to an activating group) is 1. The Morgan fingerprint density at radius 1 is 1.16 bits per heavy atom. The summed E-state index contributed by atoms with van der Waals surface area (Å²) in [4.78, 5) is 14.0. The van der Waals surface area contributed by atoms with E-state index in [0.717, 1.165) is 68.1 Å². The Kier molecular flexibility index (Phi) is 6.98. The zero-order valence-electron chi connectivity index (χ0n) is 21.9. The number of rotatable bonds is 6. The highest BCUT2D eigenvalue weighted by Crippen LogP contribution is 2.42. The number of nitrogens with zero attached hydrogens (tertiary/aromatic N) is 5. The van der Waals surface area contributed by atoms with Gasteiger partial charge in [-0.25, -0.2) is 9.97 Å². The van der Waals surface area contributed by atoms with E-state index >= 15 is 0 Å². The van der Waals surface area contributed by atoms with Gasteiger partial charge < -0.3 is 19.9 Å². The lowest BCUT2D eigenvalue weighted by Gasteiger charge is -2.36. The van der Waals surface area contributed by atoms with Crippen LogP contribution in [0.25, 0.3) is 11.3 Å². The predicted octanol–water partition coefficient (Wildman–Crippen LogP) is 5.79. The third-order valence-corrected chi connectivity index (χ3v) is 8.03. The first-order valence-electron chi connectivity index (χ1n) is 12.9. The Bertz CT molecular complexity index is 1360. The molecule has 192 valence electrons. The molecular weight excluding hydrogens is 484 g/mol. The summed E-state index contributed by atoms with van der Waals surface area (Å²) in [7, 11) is 1.65. The lowest BCUT2D eigenvalue weighted by Crippen LogP contribution is -2.46. The van der Waals surface area contributed by atoms with Crippen molar-refractivity contribution in [3.05, 3.63) is 58.2 Å². The Morgan fingerprint density at radius 2 is 1.95 bits per heavy atom. The van der Waals surface area contributed by atoms with Crippen LogP contribution >= 0.6 is 11.6 Å². The molecule has 2 heterocycles. The molecular formula is C29H33ClN6O. The Balaban J connectivity index is 1.43. The van der Waals surface area contributed by atoms with Crippen LogP contribution in [-0.4, -0.2) is 54.7 Å². The topological polar surface area (TPSA) is 77.3 Å². The highest BCUT2D eigenvalue weighted by Gasteiger charge is 2.32. The van der Waals surface area contributed by atoms with Crippen LogP contribution < -0.4 is 15.0 Å². The summed E-state index contributed by atoms with van der Waals surface area (Å²) in [5, 5.41) is 13.7. The molecule has 8 heteroatoms. The van der Waals surface area contributed by atoms with Gasteiger partial charge in [-0.15, -0.1) is 0 Å². The van der Waals surface area contributed by atoms with Crippen molar-refractivity contribution in [2.24, 2.45) is 0 Å². The minimum absolute atomic E-state index is 0.0418. The number of anilines is 3. The summed E-state index contributed by atoms with van der Waals surface area (Å²) >= 11 is 6.75. The summed E-state index contributed by atoms with van der Waals surface area (Å²) in [6, 6.07) is 12.3. The number of aromatic nitrogens is 2. The first-order chi connectivity index (χ1) is 17.8. The van der Waals surface area contributed by atoms with Gasteiger partial charge in [0.1, 0.15) is 5.75 Å². The number of methoxy groups -OCH3 is 1. The number of benzene rings is 2. The van der Waals surface area contributed by atoms with Gasteiger partial charge in [0.2, 0.25) is 5.95 Å². The number of fused-ring (bicyclic) bond motifs is 1. The van der Waals surface area contributed by atoms with Gasteiger partial charge in [0.15, 0.2) is 0 Å². The minimum Gasteiger partial charge on any atom is -0.494 e. The minimum atomic E-state index is 0.0418. The monoisotopic (exact) mass is 516 g/mol. The van der Waals surface area contributed by atoms with Crippen molar-refractivity contribution < 1.29 is 4.74 Å². The largest absolute Gasteiger partial charge is 0.494 e. The maximum atomic E-state index is 9.79. The number of piperazine rings is 1. The van der Waals surface area contributed by atoms with Crippen molar-refractivity contribution >= 4 is 28.9 Å². The normalized spacial score (nSPS) is 16.8. The van der Waals surface area contributed by atoms with Crippen LogP contribution in [-0.2, 0) is 11.8 Å². The van der Waals surface area contributed by atoms with Crippen molar-refractivity contribution in [1.29, 1.82) is 5.26 Å². The van der Waals surface area contributed by atoms with Crippen molar-refractivity contribution in [1.82, 2.24) is 14.9 Å². The third-order valence-electron chi connectivity index (χ3n) is 7.73. The van der Waals surface area contributed by atoms with Crippen LogP contribution in [0.3, 0.4) is 0 Å². The van der Waals surface area contributed by atoms with E-state index in [-0.39, 0.29) is 5.41 Å². The van der Waals surface area contributed by atoms with Crippen LogP contribution in [0.15, 0.2) is 36.5 Å². The van der Waals surface area contributed by atoms with Crippen molar-refractivity contribution in [2.75, 3.05) is 50.1 Å². The SMILES string of the molecule is CCN1CCN(c2cc(OC)c(Nc3nccc(-c4cc(C#N)c5c(c4)C(C)(C)CC5)n3)cc2Cl)CC1. The van der Waals surface area contributed by atoms with Gasteiger partial charge in [0.05, 0.1) is 40.8 Å². The molecule has 0 radical (unpaired) electrons. The summed E-state index contributed by atoms with van der Waals surface area (Å²) in [5.41, 5.74) is 6.53. The highest BCUT2D eigenvalue weighted by atomic mass is 35.5. The number of hydrogen-bond donors (Lipinski definition) is 1. The van der Waals surface area contributed by atoms with Crippen molar-refractivity contribution in [2.45, 2.75) is 39.0 Å². The number of ether oxygens (including phenoxy) is 1. The number of nitriles is 1. The molecule has 2 aliphatic rings. The van der Waals surface area contributed by atoms with Gasteiger partial charge in [-0.2, -0.15) is 5.26 Å². The second-order valence-corrected chi connectivity index (χ2v) is 10.8. The average Bonchev–Trinajstić information content (AvgIpc) is 3.23. The molecule has 1 fully saturated rings. The standard InChI is InChI=1S/C29H33ClN6O/c1-5-35-10-12-36(13-11-35)26-17-27(37-4)25(16-23(26)30)34-28-32-9-7-24(33-28)19-14-20(18-31)21-6-8-29(2,3)22(21)15-19/h7,9,14-17H,5-6,8,10-13H2,1-4H3,(H,32,33,34). The van der Waals surface area contributed by atoms with Gasteiger partial charge in [0, 0.05) is 44.0 Å². The van der Waals surface area contributed by atoms with Crippen LogP contribution in [0.5, 0.6) is 5.75 Å². The second kappa shape index (κ2) is 10.2. The van der Waals surface area contributed by atoms with Crippen LogP contribution in [0.1, 0.15) is 43.9 Å². The van der Waals surface area contributed by atoms with Gasteiger partial charge in [-0.05, 0) is 60.2 Å².